The molecule has 0 radical (unpaired) electrons. The van der Waals surface area contributed by atoms with Crippen LogP contribution in [0, 0.1) is 13.8 Å². The Kier molecular flexibility index (Phi) is 2.90. The van der Waals surface area contributed by atoms with Crippen LogP contribution in [0.5, 0.6) is 0 Å². The van der Waals surface area contributed by atoms with Crippen LogP contribution in [0.2, 0.25) is 0 Å². The van der Waals surface area contributed by atoms with Crippen molar-refractivity contribution in [1.29, 1.82) is 0 Å². The molecule has 4 nitrogen and oxygen atoms in total. The fraction of sp³-hybridized carbons (Fsp3) is 0.467. The van der Waals surface area contributed by atoms with Gasteiger partial charge in [0.05, 0.1) is 5.54 Å². The van der Waals surface area contributed by atoms with Crippen LogP contribution in [-0.4, -0.2) is 10.1 Å². The van der Waals surface area contributed by atoms with Gasteiger partial charge in [0.25, 0.3) is 0 Å². The quantitative estimate of drug-likeness (QED) is 0.918. The molecule has 4 heteroatoms. The molecule has 100 valence electrons. The van der Waals surface area contributed by atoms with Crippen LogP contribution < -0.4 is 5.73 Å². The summed E-state index contributed by atoms with van der Waals surface area (Å²) in [5, 5.41) is 4.05. The van der Waals surface area contributed by atoms with Crippen LogP contribution in [0.25, 0.3) is 0 Å². The van der Waals surface area contributed by atoms with E-state index in [2.05, 4.69) is 42.2 Å². The van der Waals surface area contributed by atoms with Crippen molar-refractivity contribution in [3.8, 4) is 0 Å². The molecule has 1 heterocycles. The predicted octanol–water partition coefficient (Wildman–Crippen LogP) is 2.62. The van der Waals surface area contributed by atoms with Crippen LogP contribution in [-0.2, 0) is 12.0 Å². The summed E-state index contributed by atoms with van der Waals surface area (Å²) in [6, 6.07) is 6.48. The number of aryl methyl sites for hydroxylation is 2. The van der Waals surface area contributed by atoms with Gasteiger partial charge in [-0.05, 0) is 38.7 Å². The third kappa shape index (κ3) is 2.40. The van der Waals surface area contributed by atoms with Gasteiger partial charge >= 0.3 is 0 Å². The third-order valence-corrected chi connectivity index (χ3v) is 3.78. The molecular formula is C15H19N3O. The van der Waals surface area contributed by atoms with E-state index in [0.717, 1.165) is 25.1 Å². The van der Waals surface area contributed by atoms with E-state index in [1.165, 1.54) is 16.7 Å². The van der Waals surface area contributed by atoms with Crippen molar-refractivity contribution >= 4 is 0 Å². The maximum absolute atomic E-state index is 6.18. The topological polar surface area (TPSA) is 64.9 Å². The van der Waals surface area contributed by atoms with Crippen molar-refractivity contribution in [2.45, 2.75) is 45.1 Å². The number of hydrogen-bond acceptors (Lipinski definition) is 4. The predicted molar refractivity (Wildman–Crippen MR) is 72.7 cm³/mol. The standard InChI is InChI=1S/C15H19N3O/c1-10-6-11(2)8-12(7-10)9-13-17-14(19-18-13)15(16)4-3-5-15/h6-8H,3-5,9,16H2,1-2H3. The largest absolute Gasteiger partial charge is 0.337 e. The number of nitrogens with zero attached hydrogens (tertiary/aromatic N) is 2. The molecule has 1 aliphatic carbocycles. The lowest BCUT2D eigenvalue weighted by Crippen LogP contribution is -2.43. The Hall–Kier alpha value is -1.68. The van der Waals surface area contributed by atoms with Gasteiger partial charge in [-0.15, -0.1) is 0 Å². The molecular weight excluding hydrogens is 238 g/mol. The molecule has 0 spiro atoms. The molecule has 1 aromatic heterocycles. The van der Waals surface area contributed by atoms with Crippen LogP contribution >= 0.6 is 0 Å². The van der Waals surface area contributed by atoms with E-state index in [0.29, 0.717) is 12.3 Å². The Morgan fingerprint density at radius 1 is 1.21 bits per heavy atom. The minimum Gasteiger partial charge on any atom is -0.337 e. The lowest BCUT2D eigenvalue weighted by molar-refractivity contribution is 0.181. The molecule has 1 fully saturated rings. The highest BCUT2D eigenvalue weighted by molar-refractivity contribution is 5.30. The molecule has 0 aliphatic heterocycles. The SMILES string of the molecule is Cc1cc(C)cc(Cc2noc(C3(N)CCC3)n2)c1. The second-order valence-corrected chi connectivity index (χ2v) is 5.70. The Morgan fingerprint density at radius 2 is 1.89 bits per heavy atom. The number of rotatable bonds is 3. The molecule has 2 aromatic rings. The van der Waals surface area contributed by atoms with E-state index in [9.17, 15) is 0 Å². The van der Waals surface area contributed by atoms with Gasteiger partial charge < -0.3 is 10.3 Å². The molecule has 2 N–H and O–H groups in total. The monoisotopic (exact) mass is 257 g/mol. The summed E-state index contributed by atoms with van der Waals surface area (Å²) in [5.74, 6) is 1.31. The normalized spacial score (nSPS) is 17.2. The summed E-state index contributed by atoms with van der Waals surface area (Å²) in [5.41, 5.74) is 9.54. The van der Waals surface area contributed by atoms with Crippen molar-refractivity contribution in [2.24, 2.45) is 5.73 Å². The maximum Gasteiger partial charge on any atom is 0.246 e. The number of hydrogen-bond donors (Lipinski definition) is 1. The number of nitrogens with two attached hydrogens (primary N) is 1. The highest BCUT2D eigenvalue weighted by atomic mass is 16.5. The molecule has 1 saturated carbocycles. The van der Waals surface area contributed by atoms with Gasteiger partial charge in [-0.3, -0.25) is 0 Å². The summed E-state index contributed by atoms with van der Waals surface area (Å²) in [6.45, 7) is 4.20. The van der Waals surface area contributed by atoms with Gasteiger partial charge in [0.15, 0.2) is 5.82 Å². The van der Waals surface area contributed by atoms with Gasteiger partial charge in [0.1, 0.15) is 0 Å². The minimum atomic E-state index is -0.367. The smallest absolute Gasteiger partial charge is 0.246 e. The van der Waals surface area contributed by atoms with Crippen molar-refractivity contribution < 1.29 is 4.52 Å². The summed E-state index contributed by atoms with van der Waals surface area (Å²) < 4.78 is 5.32. The summed E-state index contributed by atoms with van der Waals surface area (Å²) in [4.78, 5) is 4.46. The first-order chi connectivity index (χ1) is 9.05. The minimum absolute atomic E-state index is 0.367. The lowest BCUT2D eigenvalue weighted by Gasteiger charge is -2.33. The molecule has 3 rings (SSSR count). The Morgan fingerprint density at radius 3 is 2.47 bits per heavy atom. The van der Waals surface area contributed by atoms with Crippen LogP contribution in [0.1, 0.15) is 47.7 Å². The molecule has 0 atom stereocenters. The molecule has 1 aromatic carbocycles. The van der Waals surface area contributed by atoms with Crippen molar-refractivity contribution in [3.05, 3.63) is 46.6 Å². The van der Waals surface area contributed by atoms with E-state index in [-0.39, 0.29) is 5.54 Å². The second-order valence-electron chi connectivity index (χ2n) is 5.70. The Bertz CT molecular complexity index is 579. The zero-order valence-corrected chi connectivity index (χ0v) is 11.4. The van der Waals surface area contributed by atoms with Gasteiger partial charge in [0.2, 0.25) is 5.89 Å². The first-order valence-electron chi connectivity index (χ1n) is 6.74. The van der Waals surface area contributed by atoms with Crippen molar-refractivity contribution in [3.63, 3.8) is 0 Å². The highest BCUT2D eigenvalue weighted by Gasteiger charge is 2.39. The zero-order valence-electron chi connectivity index (χ0n) is 11.4. The van der Waals surface area contributed by atoms with E-state index in [1.54, 1.807) is 0 Å². The van der Waals surface area contributed by atoms with E-state index in [4.69, 9.17) is 10.3 Å². The average molecular weight is 257 g/mol. The van der Waals surface area contributed by atoms with Gasteiger partial charge in [-0.1, -0.05) is 34.5 Å². The first-order valence-corrected chi connectivity index (χ1v) is 6.74. The fourth-order valence-corrected chi connectivity index (χ4v) is 2.65. The molecule has 0 bridgehead atoms. The summed E-state index contributed by atoms with van der Waals surface area (Å²) in [7, 11) is 0. The van der Waals surface area contributed by atoms with Crippen LogP contribution in [0.4, 0.5) is 0 Å². The van der Waals surface area contributed by atoms with E-state index in [1.807, 2.05) is 0 Å². The zero-order chi connectivity index (χ0) is 13.5. The number of aromatic nitrogens is 2. The highest BCUT2D eigenvalue weighted by Crippen LogP contribution is 2.37. The van der Waals surface area contributed by atoms with Crippen molar-refractivity contribution in [2.75, 3.05) is 0 Å². The maximum atomic E-state index is 6.18. The first kappa shape index (κ1) is 12.4. The molecule has 1 aliphatic rings. The van der Waals surface area contributed by atoms with Gasteiger partial charge in [-0.25, -0.2) is 0 Å². The Balaban J connectivity index is 1.80. The lowest BCUT2D eigenvalue weighted by atomic mass is 9.78. The second kappa shape index (κ2) is 4.46. The Labute approximate surface area is 113 Å². The third-order valence-electron chi connectivity index (χ3n) is 3.78. The molecule has 0 saturated heterocycles. The summed E-state index contributed by atoms with van der Waals surface area (Å²) >= 11 is 0. The molecule has 0 amide bonds. The fourth-order valence-electron chi connectivity index (χ4n) is 2.65. The van der Waals surface area contributed by atoms with E-state index < -0.39 is 0 Å². The average Bonchev–Trinajstić information content (AvgIpc) is 2.73. The van der Waals surface area contributed by atoms with Crippen LogP contribution in [0.3, 0.4) is 0 Å². The summed E-state index contributed by atoms with van der Waals surface area (Å²) in [6.07, 6.45) is 3.73. The van der Waals surface area contributed by atoms with Crippen molar-refractivity contribution in [1.82, 2.24) is 10.1 Å². The number of benzene rings is 1. The molecule has 0 unspecified atom stereocenters. The van der Waals surface area contributed by atoms with E-state index >= 15 is 0 Å². The van der Waals surface area contributed by atoms with Gasteiger partial charge in [0, 0.05) is 6.42 Å². The molecule has 19 heavy (non-hydrogen) atoms. The van der Waals surface area contributed by atoms with Crippen LogP contribution in [0.15, 0.2) is 22.7 Å². The van der Waals surface area contributed by atoms with Gasteiger partial charge in [-0.2, -0.15) is 4.98 Å².